The standard InChI is InChI=1S/C30H42O8/c1-15(9-10-22(35)37-8)17-13-21(34)30(7)23-18(32)14-19-27(3,4)20(33)11-12-28(19,5)24(23)25(36)26(29(17,30)6)38-16(2)31/h15,17,19-20,26,33H,9-14H2,1-8H3/t15?,17-,19+,20?,26?,28+,29+,30+/m1/s1. The van der Waals surface area contributed by atoms with E-state index in [4.69, 9.17) is 9.47 Å². The Morgan fingerprint density at radius 3 is 2.26 bits per heavy atom. The summed E-state index contributed by atoms with van der Waals surface area (Å²) in [4.78, 5) is 66.9. The number of ether oxygens (including phenoxy) is 2. The number of aliphatic hydroxyl groups excluding tert-OH is 1. The fourth-order valence-corrected chi connectivity index (χ4v) is 8.81. The molecule has 2 saturated carbocycles. The molecule has 4 rings (SSSR count). The van der Waals surface area contributed by atoms with Crippen LogP contribution in [0.2, 0.25) is 0 Å². The lowest BCUT2D eigenvalue weighted by molar-refractivity contribution is -0.176. The molecule has 210 valence electrons. The van der Waals surface area contributed by atoms with Crippen LogP contribution in [0.5, 0.6) is 0 Å². The summed E-state index contributed by atoms with van der Waals surface area (Å²) in [5.74, 6) is -2.63. The van der Waals surface area contributed by atoms with Crippen molar-refractivity contribution in [3.05, 3.63) is 11.1 Å². The fraction of sp³-hybridized carbons (Fsp3) is 0.767. The third-order valence-corrected chi connectivity index (χ3v) is 11.3. The Morgan fingerprint density at radius 2 is 1.68 bits per heavy atom. The first-order valence-corrected chi connectivity index (χ1v) is 13.8. The molecule has 8 nitrogen and oxygen atoms in total. The van der Waals surface area contributed by atoms with E-state index < -0.39 is 51.5 Å². The van der Waals surface area contributed by atoms with Crippen LogP contribution in [-0.2, 0) is 33.4 Å². The lowest BCUT2D eigenvalue weighted by Gasteiger charge is -2.61. The second kappa shape index (κ2) is 9.10. The number of fused-ring (bicyclic) bond motifs is 4. The molecule has 0 radical (unpaired) electrons. The number of hydrogen-bond donors (Lipinski definition) is 1. The van der Waals surface area contributed by atoms with Gasteiger partial charge in [0.15, 0.2) is 11.9 Å². The number of rotatable bonds is 5. The molecule has 0 aromatic rings. The van der Waals surface area contributed by atoms with Gasteiger partial charge < -0.3 is 14.6 Å². The highest BCUT2D eigenvalue weighted by Crippen LogP contribution is 2.70. The molecule has 0 aliphatic heterocycles. The zero-order valence-electron chi connectivity index (χ0n) is 23.9. The van der Waals surface area contributed by atoms with E-state index in [1.807, 2.05) is 34.6 Å². The highest BCUT2D eigenvalue weighted by atomic mass is 16.5. The molecule has 38 heavy (non-hydrogen) atoms. The molecule has 0 bridgehead atoms. The van der Waals surface area contributed by atoms with Crippen LogP contribution in [0.25, 0.3) is 0 Å². The largest absolute Gasteiger partial charge is 0.469 e. The Labute approximate surface area is 224 Å². The van der Waals surface area contributed by atoms with E-state index in [0.29, 0.717) is 24.8 Å². The molecular weight excluding hydrogens is 488 g/mol. The third-order valence-electron chi connectivity index (χ3n) is 11.3. The first kappa shape index (κ1) is 28.7. The molecule has 3 unspecified atom stereocenters. The van der Waals surface area contributed by atoms with Crippen LogP contribution in [0.4, 0.5) is 0 Å². The number of carbonyl (C=O) groups excluding carboxylic acids is 5. The smallest absolute Gasteiger partial charge is 0.305 e. The Balaban J connectivity index is 1.94. The minimum atomic E-state index is -1.33. The van der Waals surface area contributed by atoms with E-state index in [2.05, 4.69) is 0 Å². The number of Topliss-reactive ketones (excluding diaryl/α,β-unsaturated/α-hetero) is 3. The first-order valence-electron chi connectivity index (χ1n) is 13.8. The van der Waals surface area contributed by atoms with Crippen molar-refractivity contribution in [3.63, 3.8) is 0 Å². The van der Waals surface area contributed by atoms with E-state index in [-0.39, 0.29) is 54.2 Å². The molecule has 0 aromatic heterocycles. The van der Waals surface area contributed by atoms with E-state index >= 15 is 0 Å². The molecular formula is C30H42O8. The molecule has 4 aliphatic carbocycles. The topological polar surface area (TPSA) is 124 Å². The highest BCUT2D eigenvalue weighted by molar-refractivity contribution is 6.18. The minimum Gasteiger partial charge on any atom is -0.469 e. The maximum atomic E-state index is 14.5. The van der Waals surface area contributed by atoms with E-state index in [9.17, 15) is 29.1 Å². The van der Waals surface area contributed by atoms with Crippen LogP contribution in [0, 0.1) is 39.4 Å². The third kappa shape index (κ3) is 3.61. The van der Waals surface area contributed by atoms with Crippen molar-refractivity contribution < 1.29 is 38.6 Å². The van der Waals surface area contributed by atoms with E-state index in [0.717, 1.165) is 0 Å². The molecule has 0 aromatic carbocycles. The number of ketones is 3. The molecule has 8 heteroatoms. The van der Waals surface area contributed by atoms with Crippen LogP contribution in [-0.4, -0.2) is 53.7 Å². The quantitative estimate of drug-likeness (QED) is 0.533. The van der Waals surface area contributed by atoms with Gasteiger partial charge in [0, 0.05) is 48.2 Å². The summed E-state index contributed by atoms with van der Waals surface area (Å²) in [5.41, 5.74) is -3.26. The molecule has 0 amide bonds. The number of hydrogen-bond acceptors (Lipinski definition) is 8. The molecule has 4 aliphatic rings. The van der Waals surface area contributed by atoms with Crippen molar-refractivity contribution in [1.82, 2.24) is 0 Å². The monoisotopic (exact) mass is 530 g/mol. The number of allylic oxidation sites excluding steroid dienone is 1. The molecule has 0 heterocycles. The lowest BCUT2D eigenvalue weighted by Crippen LogP contribution is -2.65. The van der Waals surface area contributed by atoms with Crippen LogP contribution in [0.3, 0.4) is 0 Å². The second-order valence-electron chi connectivity index (χ2n) is 13.3. The number of aliphatic hydroxyl groups is 1. The number of carbonyl (C=O) groups is 5. The van der Waals surface area contributed by atoms with Crippen molar-refractivity contribution in [1.29, 1.82) is 0 Å². The summed E-state index contributed by atoms with van der Waals surface area (Å²) >= 11 is 0. The summed E-state index contributed by atoms with van der Waals surface area (Å²) in [6.07, 6.45) is -0.0415. The van der Waals surface area contributed by atoms with Crippen LogP contribution < -0.4 is 0 Å². The SMILES string of the molecule is COC(=O)CCC(C)[C@H]1CC(=O)[C@@]2(C)C3=C(C(=O)C(OC(C)=O)[C@]12C)[C@@]1(C)CCC(O)C(C)(C)[C@@H]1CC3=O. The van der Waals surface area contributed by atoms with Crippen LogP contribution >= 0.6 is 0 Å². The zero-order chi connectivity index (χ0) is 28.6. The van der Waals surface area contributed by atoms with Gasteiger partial charge in [-0.3, -0.25) is 24.0 Å². The van der Waals surface area contributed by atoms with Gasteiger partial charge in [-0.05, 0) is 49.4 Å². The Morgan fingerprint density at radius 1 is 1.05 bits per heavy atom. The normalized spacial score (nSPS) is 40.7. The van der Waals surface area contributed by atoms with Gasteiger partial charge in [-0.2, -0.15) is 0 Å². The Hall–Kier alpha value is -2.35. The average Bonchev–Trinajstić information content (AvgIpc) is 3.05. The van der Waals surface area contributed by atoms with Crippen molar-refractivity contribution >= 4 is 29.3 Å². The molecule has 8 atom stereocenters. The van der Waals surface area contributed by atoms with Crippen molar-refractivity contribution in [2.75, 3.05) is 7.11 Å². The summed E-state index contributed by atoms with van der Waals surface area (Å²) in [5, 5.41) is 10.8. The zero-order valence-corrected chi connectivity index (χ0v) is 23.9. The molecule has 0 spiro atoms. The number of methoxy groups -OCH3 is 1. The summed E-state index contributed by atoms with van der Waals surface area (Å²) < 4.78 is 10.6. The maximum Gasteiger partial charge on any atom is 0.305 e. The van der Waals surface area contributed by atoms with Gasteiger partial charge in [0.25, 0.3) is 0 Å². The summed E-state index contributed by atoms with van der Waals surface area (Å²) in [6, 6.07) is 0. The van der Waals surface area contributed by atoms with E-state index in [1.54, 1.807) is 6.92 Å². The van der Waals surface area contributed by atoms with Crippen molar-refractivity contribution in [2.45, 2.75) is 99.2 Å². The fourth-order valence-electron chi connectivity index (χ4n) is 8.81. The van der Waals surface area contributed by atoms with Gasteiger partial charge in [0.1, 0.15) is 5.78 Å². The second-order valence-corrected chi connectivity index (χ2v) is 13.3. The van der Waals surface area contributed by atoms with Gasteiger partial charge in [-0.1, -0.05) is 34.6 Å². The molecule has 1 N–H and O–H groups in total. The van der Waals surface area contributed by atoms with Gasteiger partial charge in [0.05, 0.1) is 18.6 Å². The first-order chi connectivity index (χ1) is 17.5. The van der Waals surface area contributed by atoms with E-state index in [1.165, 1.54) is 14.0 Å². The van der Waals surface area contributed by atoms with Gasteiger partial charge in [-0.25, -0.2) is 0 Å². The number of esters is 2. The molecule has 0 saturated heterocycles. The predicted molar refractivity (Wildman–Crippen MR) is 138 cm³/mol. The van der Waals surface area contributed by atoms with Gasteiger partial charge in [0.2, 0.25) is 5.78 Å². The van der Waals surface area contributed by atoms with Crippen LogP contribution in [0.15, 0.2) is 11.1 Å². The van der Waals surface area contributed by atoms with Crippen molar-refractivity contribution in [3.8, 4) is 0 Å². The van der Waals surface area contributed by atoms with Gasteiger partial charge >= 0.3 is 11.9 Å². The predicted octanol–water partition coefficient (Wildman–Crippen LogP) is 3.76. The molecule has 2 fully saturated rings. The lowest BCUT2D eigenvalue weighted by atomic mass is 9.42. The highest BCUT2D eigenvalue weighted by Gasteiger charge is 2.74. The maximum absolute atomic E-state index is 14.5. The minimum absolute atomic E-state index is 0.120. The average molecular weight is 531 g/mol. The Bertz CT molecular complexity index is 1130. The van der Waals surface area contributed by atoms with Crippen LogP contribution in [0.1, 0.15) is 87.0 Å². The summed E-state index contributed by atoms with van der Waals surface area (Å²) in [7, 11) is 1.32. The summed E-state index contributed by atoms with van der Waals surface area (Å²) in [6.45, 7) is 12.6. The Kier molecular flexibility index (Phi) is 6.86. The van der Waals surface area contributed by atoms with Crippen molar-refractivity contribution in [2.24, 2.45) is 39.4 Å². The van der Waals surface area contributed by atoms with Gasteiger partial charge in [-0.15, -0.1) is 0 Å².